The van der Waals surface area contributed by atoms with Gasteiger partial charge in [-0.1, -0.05) is 40.1 Å². The van der Waals surface area contributed by atoms with Crippen LogP contribution in [0.3, 0.4) is 0 Å². The molecule has 0 bridgehead atoms. The molecular formula is C23H23BrN4O3. The first kappa shape index (κ1) is 21.2. The minimum Gasteiger partial charge on any atom is -0.339 e. The Morgan fingerprint density at radius 1 is 1.23 bits per heavy atom. The van der Waals surface area contributed by atoms with Crippen molar-refractivity contribution in [3.8, 4) is 11.4 Å². The fourth-order valence-corrected chi connectivity index (χ4v) is 3.91. The number of aromatic nitrogens is 2. The van der Waals surface area contributed by atoms with Gasteiger partial charge in [0.2, 0.25) is 17.6 Å². The number of hydrogen-bond acceptors (Lipinski definition) is 5. The molecule has 1 aliphatic rings. The van der Waals surface area contributed by atoms with Gasteiger partial charge in [-0.25, -0.2) is 0 Å². The highest BCUT2D eigenvalue weighted by molar-refractivity contribution is 9.10. The lowest BCUT2D eigenvalue weighted by Gasteiger charge is -2.31. The summed E-state index contributed by atoms with van der Waals surface area (Å²) in [6.45, 7) is 3.06. The molecule has 1 aromatic heterocycles. The zero-order valence-corrected chi connectivity index (χ0v) is 18.8. The molecule has 1 N–H and O–H groups in total. The van der Waals surface area contributed by atoms with Gasteiger partial charge in [0.25, 0.3) is 5.91 Å². The van der Waals surface area contributed by atoms with Crippen LogP contribution >= 0.6 is 15.9 Å². The predicted molar refractivity (Wildman–Crippen MR) is 121 cm³/mol. The van der Waals surface area contributed by atoms with Crippen LogP contribution in [0.5, 0.6) is 0 Å². The molecule has 3 aromatic rings. The fourth-order valence-electron chi connectivity index (χ4n) is 3.64. The second-order valence-electron chi connectivity index (χ2n) is 7.54. The quantitative estimate of drug-likeness (QED) is 0.560. The fraction of sp³-hybridized carbons (Fsp3) is 0.304. The molecule has 31 heavy (non-hydrogen) atoms. The number of piperidine rings is 1. The molecular weight excluding hydrogens is 460 g/mol. The summed E-state index contributed by atoms with van der Waals surface area (Å²) in [5.41, 5.74) is 2.13. The van der Waals surface area contributed by atoms with Gasteiger partial charge in [0, 0.05) is 40.8 Å². The van der Waals surface area contributed by atoms with E-state index in [2.05, 4.69) is 31.4 Å². The topological polar surface area (TPSA) is 88.3 Å². The summed E-state index contributed by atoms with van der Waals surface area (Å²) in [5.74, 6) is 0.961. The summed E-state index contributed by atoms with van der Waals surface area (Å²) in [6, 6.07) is 14.8. The molecule has 1 aliphatic heterocycles. The van der Waals surface area contributed by atoms with E-state index in [1.807, 2.05) is 53.4 Å². The van der Waals surface area contributed by atoms with Gasteiger partial charge in [-0.3, -0.25) is 9.59 Å². The molecule has 1 atom stereocenters. The molecule has 1 unspecified atom stereocenters. The first-order valence-corrected chi connectivity index (χ1v) is 11.1. The lowest BCUT2D eigenvalue weighted by molar-refractivity contribution is -0.115. The number of nitrogens with zero attached hydrogens (tertiary/aromatic N) is 3. The summed E-state index contributed by atoms with van der Waals surface area (Å²) < 4.78 is 6.50. The van der Waals surface area contributed by atoms with Crippen LogP contribution < -0.4 is 5.32 Å². The molecule has 4 rings (SSSR count). The minimum absolute atomic E-state index is 0.00243. The van der Waals surface area contributed by atoms with Crippen LogP contribution in [0.4, 0.5) is 5.69 Å². The second-order valence-corrected chi connectivity index (χ2v) is 8.45. The number of likely N-dealkylation sites (tertiary alicyclic amines) is 1. The Balaban J connectivity index is 1.47. The zero-order chi connectivity index (χ0) is 21.8. The SMILES string of the molecule is CCC(=O)Nc1cccc(-c2noc(C3CCCN(C(=O)c4ccc(Br)cc4)C3)n2)c1. The standard InChI is InChI=1S/C23H23BrN4O3/c1-2-20(29)25-19-7-3-5-16(13-19)21-26-22(31-27-21)17-6-4-12-28(14-17)23(30)15-8-10-18(24)11-9-15/h3,5,7-11,13,17H,2,4,6,12,14H2,1H3,(H,25,29). The van der Waals surface area contributed by atoms with Gasteiger partial charge in [0.1, 0.15) is 0 Å². The maximum atomic E-state index is 12.9. The number of carbonyl (C=O) groups excluding carboxylic acids is 2. The van der Waals surface area contributed by atoms with Crippen molar-refractivity contribution in [2.45, 2.75) is 32.1 Å². The van der Waals surface area contributed by atoms with E-state index in [9.17, 15) is 9.59 Å². The molecule has 7 nitrogen and oxygen atoms in total. The molecule has 2 heterocycles. The van der Waals surface area contributed by atoms with Crippen molar-refractivity contribution in [2.24, 2.45) is 0 Å². The summed E-state index contributed by atoms with van der Waals surface area (Å²) in [6.07, 6.45) is 2.18. The zero-order valence-electron chi connectivity index (χ0n) is 17.2. The Bertz CT molecular complexity index is 1080. The highest BCUT2D eigenvalue weighted by Gasteiger charge is 2.29. The lowest BCUT2D eigenvalue weighted by Crippen LogP contribution is -2.39. The molecule has 2 aromatic carbocycles. The number of benzene rings is 2. The summed E-state index contributed by atoms with van der Waals surface area (Å²) in [7, 11) is 0. The molecule has 1 fully saturated rings. The molecule has 8 heteroatoms. The van der Waals surface area contributed by atoms with E-state index in [1.165, 1.54) is 0 Å². The predicted octanol–water partition coefficient (Wildman–Crippen LogP) is 4.87. The highest BCUT2D eigenvalue weighted by atomic mass is 79.9. The number of carbonyl (C=O) groups is 2. The largest absolute Gasteiger partial charge is 0.339 e. The smallest absolute Gasteiger partial charge is 0.253 e. The van der Waals surface area contributed by atoms with Crippen LogP contribution in [0.1, 0.15) is 48.4 Å². The van der Waals surface area contributed by atoms with Crippen molar-refractivity contribution in [2.75, 3.05) is 18.4 Å². The van der Waals surface area contributed by atoms with Gasteiger partial charge >= 0.3 is 0 Å². The van der Waals surface area contributed by atoms with Crippen molar-refractivity contribution in [1.82, 2.24) is 15.0 Å². The normalized spacial score (nSPS) is 16.2. The average Bonchev–Trinajstić information content (AvgIpc) is 3.30. The number of anilines is 1. The summed E-state index contributed by atoms with van der Waals surface area (Å²) in [5, 5.41) is 6.97. The van der Waals surface area contributed by atoms with Gasteiger partial charge in [-0.15, -0.1) is 0 Å². The molecule has 0 saturated carbocycles. The van der Waals surface area contributed by atoms with Crippen LogP contribution in [0.15, 0.2) is 57.5 Å². The van der Waals surface area contributed by atoms with Gasteiger partial charge in [0.15, 0.2) is 0 Å². The second kappa shape index (κ2) is 9.43. The summed E-state index contributed by atoms with van der Waals surface area (Å²) in [4.78, 5) is 31.0. The first-order chi connectivity index (χ1) is 15.0. The molecule has 2 amide bonds. The molecule has 160 valence electrons. The van der Waals surface area contributed by atoms with E-state index in [1.54, 1.807) is 6.92 Å². The van der Waals surface area contributed by atoms with Crippen molar-refractivity contribution < 1.29 is 14.1 Å². The van der Waals surface area contributed by atoms with Crippen LogP contribution in [0.2, 0.25) is 0 Å². The summed E-state index contributed by atoms with van der Waals surface area (Å²) >= 11 is 3.40. The maximum absolute atomic E-state index is 12.9. The third kappa shape index (κ3) is 5.02. The van der Waals surface area contributed by atoms with Crippen molar-refractivity contribution in [1.29, 1.82) is 0 Å². The lowest BCUT2D eigenvalue weighted by atomic mass is 9.97. The molecule has 0 spiro atoms. The Labute approximate surface area is 189 Å². The maximum Gasteiger partial charge on any atom is 0.253 e. The molecule has 0 aliphatic carbocycles. The number of amides is 2. The monoisotopic (exact) mass is 482 g/mol. The van der Waals surface area contributed by atoms with Crippen LogP contribution in [0, 0.1) is 0 Å². The number of nitrogens with one attached hydrogen (secondary N) is 1. The van der Waals surface area contributed by atoms with E-state index in [0.29, 0.717) is 42.5 Å². The molecule has 1 saturated heterocycles. The Morgan fingerprint density at radius 3 is 2.81 bits per heavy atom. The van der Waals surface area contributed by atoms with Crippen molar-refractivity contribution >= 4 is 33.4 Å². The van der Waals surface area contributed by atoms with E-state index in [0.717, 1.165) is 22.9 Å². The van der Waals surface area contributed by atoms with Gasteiger partial charge in [-0.05, 0) is 49.2 Å². The molecule has 0 radical (unpaired) electrons. The minimum atomic E-state index is -0.0521. The van der Waals surface area contributed by atoms with E-state index >= 15 is 0 Å². The third-order valence-electron chi connectivity index (χ3n) is 5.32. The van der Waals surface area contributed by atoms with E-state index in [-0.39, 0.29) is 17.7 Å². The van der Waals surface area contributed by atoms with Crippen LogP contribution in [-0.4, -0.2) is 39.9 Å². The Morgan fingerprint density at radius 2 is 2.03 bits per heavy atom. The third-order valence-corrected chi connectivity index (χ3v) is 5.85. The number of rotatable bonds is 5. The van der Waals surface area contributed by atoms with Gasteiger partial charge < -0.3 is 14.7 Å². The number of halogens is 1. The van der Waals surface area contributed by atoms with E-state index < -0.39 is 0 Å². The van der Waals surface area contributed by atoms with Crippen LogP contribution in [0.25, 0.3) is 11.4 Å². The van der Waals surface area contributed by atoms with Gasteiger partial charge in [-0.2, -0.15) is 4.98 Å². The number of hydrogen-bond donors (Lipinski definition) is 1. The van der Waals surface area contributed by atoms with Gasteiger partial charge in [0.05, 0.1) is 5.92 Å². The van der Waals surface area contributed by atoms with Crippen molar-refractivity contribution in [3.05, 3.63) is 64.5 Å². The van der Waals surface area contributed by atoms with E-state index in [4.69, 9.17) is 4.52 Å². The Kier molecular flexibility index (Phi) is 6.46. The van der Waals surface area contributed by atoms with Crippen LogP contribution in [-0.2, 0) is 4.79 Å². The van der Waals surface area contributed by atoms with Crippen molar-refractivity contribution in [3.63, 3.8) is 0 Å². The Hall–Kier alpha value is -3.00. The first-order valence-electron chi connectivity index (χ1n) is 10.3. The highest BCUT2D eigenvalue weighted by Crippen LogP contribution is 2.29. The average molecular weight is 483 g/mol.